The highest BCUT2D eigenvalue weighted by Gasteiger charge is 2.48. The van der Waals surface area contributed by atoms with Gasteiger partial charge in [0.2, 0.25) is 5.91 Å². The molecule has 18 heavy (non-hydrogen) atoms. The van der Waals surface area contributed by atoms with Crippen LogP contribution in [0.3, 0.4) is 0 Å². The minimum Gasteiger partial charge on any atom is -0.350 e. The smallest absolute Gasteiger partial charge is 0.229 e. The first kappa shape index (κ1) is 13.8. The Morgan fingerprint density at radius 3 is 2.56 bits per heavy atom. The lowest BCUT2D eigenvalue weighted by Crippen LogP contribution is -2.49. The molecule has 0 radical (unpaired) electrons. The second-order valence-electron chi connectivity index (χ2n) is 6.23. The molecule has 2 rings (SSSR count). The van der Waals surface area contributed by atoms with E-state index in [1.54, 1.807) is 0 Å². The van der Waals surface area contributed by atoms with Crippen molar-refractivity contribution in [2.75, 3.05) is 0 Å². The third-order valence-corrected chi connectivity index (χ3v) is 4.73. The van der Waals surface area contributed by atoms with Crippen LogP contribution in [0.2, 0.25) is 0 Å². The van der Waals surface area contributed by atoms with Gasteiger partial charge in [-0.3, -0.25) is 9.78 Å². The highest BCUT2D eigenvalue weighted by atomic mass is 127. The summed E-state index contributed by atoms with van der Waals surface area (Å²) in [6.07, 6.45) is 2.62. The van der Waals surface area contributed by atoms with Crippen LogP contribution in [0, 0.1) is 8.99 Å². The minimum absolute atomic E-state index is 0.0423. The number of nitrogens with zero attached hydrogens (tertiary/aromatic N) is 1. The summed E-state index contributed by atoms with van der Waals surface area (Å²) < 4.78 is 1.09. The first-order valence-electron chi connectivity index (χ1n) is 6.16. The van der Waals surface area contributed by atoms with E-state index < -0.39 is 0 Å². The molecule has 1 fully saturated rings. The van der Waals surface area contributed by atoms with Gasteiger partial charge in [0.1, 0.15) is 0 Å². The van der Waals surface area contributed by atoms with Gasteiger partial charge in [0.15, 0.2) is 0 Å². The zero-order valence-corrected chi connectivity index (χ0v) is 13.4. The number of halogens is 1. The van der Waals surface area contributed by atoms with Crippen molar-refractivity contribution >= 4 is 28.5 Å². The fourth-order valence-corrected chi connectivity index (χ4v) is 2.56. The van der Waals surface area contributed by atoms with Crippen molar-refractivity contribution < 1.29 is 4.79 Å². The summed E-state index contributed by atoms with van der Waals surface area (Å²) in [6.45, 7) is 8.61. The van der Waals surface area contributed by atoms with Crippen molar-refractivity contribution in [3.8, 4) is 0 Å². The molecule has 1 amide bonds. The molecule has 2 atom stereocenters. The summed E-state index contributed by atoms with van der Waals surface area (Å²) in [7, 11) is 0. The number of carbonyl (C=O) groups is 1. The normalized spacial score (nSPS) is 28.3. The van der Waals surface area contributed by atoms with Crippen LogP contribution in [-0.2, 0) is 4.79 Å². The topological polar surface area (TPSA) is 42.0 Å². The van der Waals surface area contributed by atoms with Crippen molar-refractivity contribution in [3.05, 3.63) is 27.6 Å². The van der Waals surface area contributed by atoms with Gasteiger partial charge < -0.3 is 5.32 Å². The van der Waals surface area contributed by atoms with Gasteiger partial charge in [-0.05, 0) is 53.5 Å². The quantitative estimate of drug-likeness (QED) is 0.784. The van der Waals surface area contributed by atoms with E-state index in [9.17, 15) is 4.79 Å². The highest BCUT2D eigenvalue weighted by molar-refractivity contribution is 14.1. The molecule has 98 valence electrons. The number of nitrogens with one attached hydrogen (secondary N) is 1. The fourth-order valence-electron chi connectivity index (χ4n) is 2.24. The predicted octanol–water partition coefficient (Wildman–Crippen LogP) is 3.09. The Morgan fingerprint density at radius 2 is 2.11 bits per heavy atom. The molecule has 0 bridgehead atoms. The Morgan fingerprint density at radius 1 is 1.44 bits per heavy atom. The van der Waals surface area contributed by atoms with Gasteiger partial charge in [-0.2, -0.15) is 0 Å². The number of carbonyl (C=O) groups excluding carboxylic acids is 1. The van der Waals surface area contributed by atoms with Gasteiger partial charge in [-0.15, -0.1) is 0 Å². The predicted molar refractivity (Wildman–Crippen MR) is 80.3 cm³/mol. The van der Waals surface area contributed by atoms with Crippen molar-refractivity contribution in [2.45, 2.75) is 45.6 Å². The fraction of sp³-hybridized carbons (Fsp3) is 0.571. The Labute approximate surface area is 122 Å². The maximum absolute atomic E-state index is 12.2. The SMILES string of the molecule is CC(C)(C)C1(C)CC(c2ccc(I)cn2)C(=O)N1. The van der Waals surface area contributed by atoms with Crippen molar-refractivity contribution in [1.82, 2.24) is 10.3 Å². The van der Waals surface area contributed by atoms with Gasteiger partial charge in [0, 0.05) is 15.3 Å². The maximum Gasteiger partial charge on any atom is 0.229 e. The van der Waals surface area contributed by atoms with Gasteiger partial charge in [-0.25, -0.2) is 0 Å². The molecule has 1 saturated heterocycles. The lowest BCUT2D eigenvalue weighted by molar-refractivity contribution is -0.121. The van der Waals surface area contributed by atoms with Gasteiger partial charge in [0.05, 0.1) is 11.6 Å². The van der Waals surface area contributed by atoms with E-state index >= 15 is 0 Å². The number of aromatic nitrogens is 1. The van der Waals surface area contributed by atoms with Crippen molar-refractivity contribution in [1.29, 1.82) is 0 Å². The molecule has 1 aliphatic rings. The Balaban J connectivity index is 2.28. The van der Waals surface area contributed by atoms with Crippen LogP contribution in [0.25, 0.3) is 0 Å². The summed E-state index contributed by atoms with van der Waals surface area (Å²) >= 11 is 2.22. The summed E-state index contributed by atoms with van der Waals surface area (Å²) in [5.41, 5.74) is 0.751. The number of amides is 1. The van der Waals surface area contributed by atoms with Crippen LogP contribution in [0.5, 0.6) is 0 Å². The van der Waals surface area contributed by atoms with E-state index in [0.29, 0.717) is 0 Å². The average molecular weight is 358 g/mol. The molecule has 0 spiro atoms. The molecule has 1 aliphatic heterocycles. The van der Waals surface area contributed by atoms with Gasteiger partial charge in [0.25, 0.3) is 0 Å². The molecule has 0 aliphatic carbocycles. The lowest BCUT2D eigenvalue weighted by Gasteiger charge is -2.38. The minimum atomic E-state index is -0.167. The van der Waals surface area contributed by atoms with Gasteiger partial charge in [-0.1, -0.05) is 20.8 Å². The standard InChI is InChI=1S/C14H19IN2O/c1-13(2,3)14(4)7-10(12(18)17-14)11-6-5-9(15)8-16-11/h5-6,8,10H,7H2,1-4H3,(H,17,18). The number of pyridine rings is 1. The van der Waals surface area contributed by atoms with E-state index in [4.69, 9.17) is 0 Å². The highest BCUT2D eigenvalue weighted by Crippen LogP contribution is 2.42. The summed E-state index contributed by atoms with van der Waals surface area (Å²) in [6, 6.07) is 3.96. The molecular formula is C14H19IN2O. The summed E-state index contributed by atoms with van der Waals surface area (Å²) in [5, 5.41) is 3.15. The third-order valence-electron chi connectivity index (χ3n) is 4.09. The summed E-state index contributed by atoms with van der Waals surface area (Å²) in [5.74, 6) is -0.0210. The molecule has 1 aromatic heterocycles. The molecule has 0 aromatic carbocycles. The van der Waals surface area contributed by atoms with E-state index in [2.05, 4.69) is 60.6 Å². The van der Waals surface area contributed by atoms with Crippen LogP contribution in [0.15, 0.2) is 18.3 Å². The van der Waals surface area contributed by atoms with E-state index in [1.807, 2.05) is 18.3 Å². The third kappa shape index (κ3) is 2.39. The maximum atomic E-state index is 12.2. The Bertz CT molecular complexity index is 464. The largest absolute Gasteiger partial charge is 0.350 e. The molecule has 3 nitrogen and oxygen atoms in total. The number of hydrogen-bond donors (Lipinski definition) is 1. The van der Waals surface area contributed by atoms with Crippen molar-refractivity contribution in [3.63, 3.8) is 0 Å². The van der Waals surface area contributed by atoms with E-state index in [-0.39, 0.29) is 22.8 Å². The van der Waals surface area contributed by atoms with Crippen LogP contribution < -0.4 is 5.32 Å². The molecule has 1 aromatic rings. The zero-order valence-electron chi connectivity index (χ0n) is 11.2. The zero-order chi connectivity index (χ0) is 13.6. The molecule has 0 saturated carbocycles. The van der Waals surface area contributed by atoms with Crippen LogP contribution in [0.1, 0.15) is 45.7 Å². The first-order chi connectivity index (χ1) is 8.23. The number of rotatable bonds is 1. The molecule has 2 heterocycles. The second-order valence-corrected chi connectivity index (χ2v) is 7.47. The second kappa shape index (κ2) is 4.47. The Kier molecular flexibility index (Phi) is 3.42. The molecule has 2 unspecified atom stereocenters. The van der Waals surface area contributed by atoms with Crippen molar-refractivity contribution in [2.24, 2.45) is 5.41 Å². The van der Waals surface area contributed by atoms with Gasteiger partial charge >= 0.3 is 0 Å². The average Bonchev–Trinajstić information content (AvgIpc) is 2.56. The number of hydrogen-bond acceptors (Lipinski definition) is 2. The Hall–Kier alpha value is -0.650. The summed E-state index contributed by atoms with van der Waals surface area (Å²) in [4.78, 5) is 16.6. The first-order valence-corrected chi connectivity index (χ1v) is 7.24. The molecule has 4 heteroatoms. The van der Waals surface area contributed by atoms with Crippen LogP contribution in [0.4, 0.5) is 0 Å². The molecular weight excluding hydrogens is 339 g/mol. The lowest BCUT2D eigenvalue weighted by atomic mass is 9.72. The monoisotopic (exact) mass is 358 g/mol. The van der Waals surface area contributed by atoms with Crippen LogP contribution >= 0.6 is 22.6 Å². The van der Waals surface area contributed by atoms with Crippen LogP contribution in [-0.4, -0.2) is 16.4 Å². The van der Waals surface area contributed by atoms with E-state index in [0.717, 1.165) is 15.7 Å². The van der Waals surface area contributed by atoms with E-state index in [1.165, 1.54) is 0 Å². The molecule has 1 N–H and O–H groups in total.